The molecule has 2 N–H and O–H groups in total. The van der Waals surface area contributed by atoms with Crippen LogP contribution in [0.15, 0.2) is 135 Å². The molecule has 3 aromatic rings. The highest BCUT2D eigenvalue weighted by molar-refractivity contribution is 6.38. The van der Waals surface area contributed by atoms with Gasteiger partial charge in [0.2, 0.25) is 0 Å². The lowest BCUT2D eigenvalue weighted by atomic mass is 9.98. The highest BCUT2D eigenvalue weighted by Crippen LogP contribution is 2.33. The molecule has 7 heteroatoms. The molecule has 0 aliphatic carbocycles. The third-order valence-electron chi connectivity index (χ3n) is 9.17. The SMILES string of the molecule is C/C=C\C1=C(c2ccccc2)C2=NC(=Cc3ccc([nH]3)C(c3cccc(ON(CC)CC)c3)=C3C=CC(=N3)C=N1)C=C2.CCCCCCCCCCO. The molecular weight excluding hydrogens is 655 g/mol. The molecule has 53 heavy (non-hydrogen) atoms. The number of rotatable bonds is 15. The lowest BCUT2D eigenvalue weighted by Gasteiger charge is -2.19. The maximum absolute atomic E-state index is 8.51. The minimum absolute atomic E-state index is 0.370. The summed E-state index contributed by atoms with van der Waals surface area (Å²) in [5.74, 6) is 0.786. The van der Waals surface area contributed by atoms with Gasteiger partial charge >= 0.3 is 0 Å². The predicted octanol–water partition coefficient (Wildman–Crippen LogP) is 11.0. The van der Waals surface area contributed by atoms with Crippen LogP contribution in [0.1, 0.15) is 102 Å². The van der Waals surface area contributed by atoms with Crippen LogP contribution in [-0.2, 0) is 0 Å². The number of hydrogen-bond acceptors (Lipinski definition) is 6. The molecule has 0 amide bonds. The van der Waals surface area contributed by atoms with Crippen LogP contribution in [0.3, 0.4) is 0 Å². The van der Waals surface area contributed by atoms with E-state index in [1.54, 1.807) is 0 Å². The molecule has 3 aliphatic heterocycles. The van der Waals surface area contributed by atoms with Gasteiger partial charge in [0, 0.05) is 42.2 Å². The van der Waals surface area contributed by atoms with Crippen LogP contribution in [0.2, 0.25) is 0 Å². The normalized spacial score (nSPS) is 15.0. The number of aliphatic imine (C=N–C) groups is 3. The summed E-state index contributed by atoms with van der Waals surface area (Å²) in [5.41, 5.74) is 10.1. The van der Waals surface area contributed by atoms with Crippen molar-refractivity contribution < 1.29 is 9.94 Å². The van der Waals surface area contributed by atoms with E-state index in [0.717, 1.165) is 87.4 Å². The zero-order valence-electron chi connectivity index (χ0n) is 31.9. The summed E-state index contributed by atoms with van der Waals surface area (Å²) in [6, 6.07) is 22.6. The number of unbranched alkanes of at least 4 members (excludes halogenated alkanes) is 7. The number of aliphatic hydroxyl groups is 1. The van der Waals surface area contributed by atoms with E-state index in [9.17, 15) is 0 Å². The van der Waals surface area contributed by atoms with E-state index in [4.69, 9.17) is 24.9 Å². The topological polar surface area (TPSA) is 85.6 Å². The number of H-pyrrole nitrogens is 1. The fraction of sp³-hybridized carbons (Fsp3) is 0.326. The van der Waals surface area contributed by atoms with Gasteiger partial charge in [-0.25, -0.2) is 9.98 Å². The Balaban J connectivity index is 0.000000429. The first-order valence-electron chi connectivity index (χ1n) is 19.4. The summed E-state index contributed by atoms with van der Waals surface area (Å²) < 4.78 is 0. The maximum Gasteiger partial charge on any atom is 0.148 e. The fourth-order valence-corrected chi connectivity index (χ4v) is 6.40. The van der Waals surface area contributed by atoms with Crippen molar-refractivity contribution in [2.75, 3.05) is 19.7 Å². The van der Waals surface area contributed by atoms with Crippen molar-refractivity contribution in [2.24, 2.45) is 15.0 Å². The molecule has 0 atom stereocenters. The summed E-state index contributed by atoms with van der Waals surface area (Å²) in [6.45, 7) is 10.4. The molecule has 0 unspecified atom stereocenters. The van der Waals surface area contributed by atoms with Gasteiger partial charge in [-0.1, -0.05) is 100 Å². The third-order valence-corrected chi connectivity index (χ3v) is 9.17. The highest BCUT2D eigenvalue weighted by Gasteiger charge is 2.19. The van der Waals surface area contributed by atoms with Crippen LogP contribution in [0.5, 0.6) is 5.75 Å². The van der Waals surface area contributed by atoms with E-state index < -0.39 is 0 Å². The molecule has 2 aromatic carbocycles. The van der Waals surface area contributed by atoms with Crippen LogP contribution >= 0.6 is 0 Å². The zero-order valence-corrected chi connectivity index (χ0v) is 31.9. The molecule has 7 nitrogen and oxygen atoms in total. The number of aliphatic hydroxyl groups excluding tert-OH is 1. The molecule has 276 valence electrons. The largest absolute Gasteiger partial charge is 0.406 e. The standard InChI is InChI=1S/C36H33N5O.C10H22O/c1-4-11-31-35(25-12-8-7-9-13-25)32-19-16-27(38-32)23-28-17-20-33(39-28)36(34-21-18-29(40-34)24-37-31)26-14-10-15-30(22-26)42-41(5-2)6-3;1-2-3-4-5-6-7-8-9-10-11/h4,7-24,39H,5-6H2,1-3H3;11H,2-10H2,1H3/b11-4-,27-23?,28-23?,29-24?,35-31?,35-32?,36-33?,36-34?,37-24?,37-31?;. The Morgan fingerprint density at radius 2 is 1.51 bits per heavy atom. The lowest BCUT2D eigenvalue weighted by Crippen LogP contribution is -2.26. The number of aromatic amines is 1. The summed E-state index contributed by atoms with van der Waals surface area (Å²) in [5, 5.41) is 10.4. The molecule has 0 radical (unpaired) electrons. The first kappa shape index (κ1) is 39.1. The van der Waals surface area contributed by atoms with Crippen molar-refractivity contribution in [1.29, 1.82) is 0 Å². The van der Waals surface area contributed by atoms with E-state index in [0.29, 0.717) is 6.61 Å². The minimum Gasteiger partial charge on any atom is -0.406 e. The number of fused-ring (bicyclic) bond motifs is 4. The Morgan fingerprint density at radius 3 is 2.25 bits per heavy atom. The second-order valence-corrected chi connectivity index (χ2v) is 13.2. The van der Waals surface area contributed by atoms with Crippen molar-refractivity contribution in [3.63, 3.8) is 0 Å². The summed E-state index contributed by atoms with van der Waals surface area (Å²) in [7, 11) is 0. The molecule has 0 spiro atoms. The van der Waals surface area contributed by atoms with Crippen molar-refractivity contribution in [2.45, 2.75) is 79.1 Å². The van der Waals surface area contributed by atoms with Crippen molar-refractivity contribution in [1.82, 2.24) is 10.0 Å². The van der Waals surface area contributed by atoms with Crippen molar-refractivity contribution in [3.8, 4) is 5.75 Å². The smallest absolute Gasteiger partial charge is 0.148 e. The predicted molar refractivity (Wildman–Crippen MR) is 224 cm³/mol. The number of benzene rings is 2. The first-order chi connectivity index (χ1) is 26.1. The minimum atomic E-state index is 0.370. The zero-order chi connectivity index (χ0) is 37.3. The van der Waals surface area contributed by atoms with Gasteiger partial charge in [-0.05, 0) is 99.0 Å². The Labute approximate surface area is 316 Å². The average molecular weight is 710 g/mol. The molecule has 0 fully saturated rings. The Bertz CT molecular complexity index is 1920. The van der Waals surface area contributed by atoms with E-state index in [1.165, 1.54) is 44.9 Å². The number of aromatic nitrogens is 1. The summed E-state index contributed by atoms with van der Waals surface area (Å²) in [4.78, 5) is 24.7. The van der Waals surface area contributed by atoms with E-state index in [1.807, 2.05) is 78.9 Å². The molecule has 4 heterocycles. The van der Waals surface area contributed by atoms with Gasteiger partial charge in [-0.2, -0.15) is 0 Å². The Kier molecular flexibility index (Phi) is 15.4. The molecule has 0 saturated heterocycles. The van der Waals surface area contributed by atoms with E-state index in [2.05, 4.69) is 74.3 Å². The first-order valence-corrected chi connectivity index (χ1v) is 19.4. The third kappa shape index (κ3) is 11.2. The van der Waals surface area contributed by atoms with Gasteiger partial charge in [-0.15, -0.1) is 5.06 Å². The molecule has 3 aliphatic rings. The van der Waals surface area contributed by atoms with Crippen molar-refractivity contribution in [3.05, 3.63) is 143 Å². The molecule has 1 aromatic heterocycles. The van der Waals surface area contributed by atoms with E-state index >= 15 is 0 Å². The van der Waals surface area contributed by atoms with Gasteiger partial charge in [0.25, 0.3) is 0 Å². The van der Waals surface area contributed by atoms with Crippen LogP contribution < -0.4 is 4.84 Å². The number of hydrogen-bond donors (Lipinski definition) is 2. The van der Waals surface area contributed by atoms with Crippen LogP contribution in [-0.4, -0.2) is 52.5 Å². The second kappa shape index (κ2) is 20.8. The van der Waals surface area contributed by atoms with Crippen LogP contribution in [0.4, 0.5) is 0 Å². The molecular formula is C46H55N5O2. The lowest BCUT2D eigenvalue weighted by molar-refractivity contribution is -0.0486. The van der Waals surface area contributed by atoms with Gasteiger partial charge in [0.15, 0.2) is 0 Å². The Hall–Kier alpha value is -5.11. The average Bonchev–Trinajstić information content (AvgIpc) is 3.96. The number of hydroxylamine groups is 2. The van der Waals surface area contributed by atoms with Gasteiger partial charge in [-0.3, -0.25) is 4.99 Å². The summed E-state index contributed by atoms with van der Waals surface area (Å²) >= 11 is 0. The van der Waals surface area contributed by atoms with Crippen LogP contribution in [0, 0.1) is 0 Å². The van der Waals surface area contributed by atoms with Gasteiger partial charge in [0.1, 0.15) is 5.75 Å². The second-order valence-electron chi connectivity index (χ2n) is 13.2. The molecule has 0 saturated carbocycles. The number of allylic oxidation sites excluding steroid dienone is 7. The summed E-state index contributed by atoms with van der Waals surface area (Å²) in [6.07, 6.45) is 26.5. The maximum atomic E-state index is 8.51. The fourth-order valence-electron chi connectivity index (χ4n) is 6.40. The van der Waals surface area contributed by atoms with Crippen molar-refractivity contribution >= 4 is 34.9 Å². The highest BCUT2D eigenvalue weighted by atomic mass is 16.7. The Morgan fingerprint density at radius 1 is 0.755 bits per heavy atom. The number of nitrogens with one attached hydrogen (secondary N) is 1. The quantitative estimate of drug-likeness (QED) is 0.122. The van der Waals surface area contributed by atoms with Gasteiger partial charge < -0.3 is 14.9 Å². The van der Waals surface area contributed by atoms with Crippen LogP contribution in [0.25, 0.3) is 17.2 Å². The molecule has 6 bridgehead atoms. The van der Waals surface area contributed by atoms with Gasteiger partial charge in [0.05, 0.1) is 34.7 Å². The number of nitrogens with zero attached hydrogens (tertiary/aromatic N) is 4. The monoisotopic (exact) mass is 709 g/mol. The van der Waals surface area contributed by atoms with E-state index in [-0.39, 0.29) is 0 Å². The molecule has 6 rings (SSSR count).